The first kappa shape index (κ1) is 33.5. The summed E-state index contributed by atoms with van der Waals surface area (Å²) in [5.41, 5.74) is 9.86. The van der Waals surface area contributed by atoms with Crippen LogP contribution in [-0.2, 0) is 20.9 Å². The topological polar surface area (TPSA) is 184 Å². The summed E-state index contributed by atoms with van der Waals surface area (Å²) in [4.78, 5) is 49.9. The van der Waals surface area contributed by atoms with Crippen molar-refractivity contribution < 1.29 is 37.5 Å². The highest BCUT2D eigenvalue weighted by molar-refractivity contribution is 6.12. The highest BCUT2D eigenvalue weighted by atomic mass is 19.4. The van der Waals surface area contributed by atoms with Crippen LogP contribution in [0.3, 0.4) is 0 Å². The number of carboxylic acid groups (broad SMARTS) is 1. The number of tetrazole rings is 1. The third-order valence-corrected chi connectivity index (χ3v) is 6.78. The van der Waals surface area contributed by atoms with Gasteiger partial charge in [0.2, 0.25) is 11.8 Å². The first-order chi connectivity index (χ1) is 21.6. The quantitative estimate of drug-likeness (QED) is 0.233. The molecular formula is C31H30F3N7O5. The van der Waals surface area contributed by atoms with Crippen LogP contribution in [0.4, 0.5) is 18.9 Å². The molecule has 0 bridgehead atoms. The highest BCUT2D eigenvalue weighted by Gasteiger charge is 2.38. The van der Waals surface area contributed by atoms with E-state index < -0.39 is 23.7 Å². The highest BCUT2D eigenvalue weighted by Crippen LogP contribution is 2.32. The van der Waals surface area contributed by atoms with Crippen LogP contribution in [0, 0.1) is 0 Å². The number of hydrogen-bond acceptors (Lipinski definition) is 8. The minimum Gasteiger partial charge on any atom is -0.475 e. The Morgan fingerprint density at radius 2 is 1.57 bits per heavy atom. The van der Waals surface area contributed by atoms with Crippen LogP contribution in [0.15, 0.2) is 72.8 Å². The Morgan fingerprint density at radius 1 is 0.978 bits per heavy atom. The molecular weight excluding hydrogens is 607 g/mol. The molecule has 15 heteroatoms. The number of carboxylic acids is 1. The summed E-state index contributed by atoms with van der Waals surface area (Å²) in [5.74, 6) is -3.11. The van der Waals surface area contributed by atoms with Gasteiger partial charge in [-0.15, -0.1) is 5.10 Å². The number of aromatic amines is 1. The summed E-state index contributed by atoms with van der Waals surface area (Å²) < 4.78 is 31.7. The van der Waals surface area contributed by atoms with Crippen molar-refractivity contribution in [3.8, 4) is 22.5 Å². The van der Waals surface area contributed by atoms with E-state index >= 15 is 0 Å². The van der Waals surface area contributed by atoms with Crippen molar-refractivity contribution in [1.82, 2.24) is 25.9 Å². The molecule has 2 amide bonds. The van der Waals surface area contributed by atoms with Crippen LogP contribution in [-0.4, -0.2) is 67.1 Å². The van der Waals surface area contributed by atoms with Crippen LogP contribution in [0.25, 0.3) is 22.5 Å². The molecule has 1 atom stereocenters. The second-order valence-electron chi connectivity index (χ2n) is 11.1. The van der Waals surface area contributed by atoms with Crippen molar-refractivity contribution in [2.24, 2.45) is 5.73 Å². The van der Waals surface area contributed by atoms with E-state index in [-0.39, 0.29) is 37.0 Å². The number of nitrogens with one attached hydrogen (secondary N) is 2. The van der Waals surface area contributed by atoms with E-state index in [0.717, 1.165) is 22.3 Å². The minimum atomic E-state index is -5.08. The lowest BCUT2D eigenvalue weighted by Gasteiger charge is -2.27. The Balaban J connectivity index is 0.000000617. The molecule has 2 heterocycles. The number of hydrogen-bond donors (Lipinski definition) is 4. The summed E-state index contributed by atoms with van der Waals surface area (Å²) in [5, 5.41) is 24.1. The molecule has 0 fully saturated rings. The van der Waals surface area contributed by atoms with Crippen molar-refractivity contribution in [1.29, 1.82) is 0 Å². The number of ketones is 1. The number of carbonyl (C=O) groups excluding carboxylic acids is 3. The van der Waals surface area contributed by atoms with Gasteiger partial charge < -0.3 is 21.1 Å². The Bertz CT molecular complexity index is 1720. The molecule has 0 saturated carbocycles. The van der Waals surface area contributed by atoms with Crippen LogP contribution < -0.4 is 16.0 Å². The second kappa shape index (κ2) is 13.7. The molecule has 12 nitrogen and oxygen atoms in total. The van der Waals surface area contributed by atoms with E-state index in [1.54, 1.807) is 43.0 Å². The number of aromatic nitrogens is 4. The zero-order valence-corrected chi connectivity index (χ0v) is 24.7. The van der Waals surface area contributed by atoms with Gasteiger partial charge in [0.1, 0.15) is 6.04 Å². The SMILES string of the molecule is CC(C)(N)CC(=O)NC1CC(=O)c2ccccc2N(Cc2ccc(-c3ccccc3-c3nnn[nH]3)cc2)C1=O.O=C(O)C(F)(F)F. The molecule has 3 aromatic carbocycles. The predicted molar refractivity (Wildman–Crippen MR) is 160 cm³/mol. The fraction of sp³-hybridized carbons (Fsp3) is 0.258. The largest absolute Gasteiger partial charge is 0.490 e. The number of nitrogens with zero attached hydrogens (tertiary/aromatic N) is 4. The standard InChI is InChI=1S/C29H29N7O3.C2HF3O2/c1-29(2,30)16-26(38)31-23-15-25(37)22-9-5-6-10-24(22)36(28(23)39)17-18-11-13-19(14-12-18)20-7-3-4-8-21(20)27-32-34-35-33-27;3-2(4,5)1(6)7/h3-14,23H,15-17,30H2,1-2H3,(H,31,38)(H,32,33,34,35);(H,6,7). The van der Waals surface area contributed by atoms with Crippen LogP contribution >= 0.6 is 0 Å². The van der Waals surface area contributed by atoms with Gasteiger partial charge in [-0.1, -0.05) is 60.7 Å². The maximum Gasteiger partial charge on any atom is 0.490 e. The number of H-pyrrole nitrogens is 1. The summed E-state index contributed by atoms with van der Waals surface area (Å²) in [6, 6.07) is 21.7. The molecule has 0 aliphatic carbocycles. The number of amides is 2. The fourth-order valence-electron chi connectivity index (χ4n) is 4.76. The number of aliphatic carboxylic acids is 1. The maximum atomic E-state index is 13.7. The number of benzene rings is 3. The molecule has 0 radical (unpaired) electrons. The smallest absolute Gasteiger partial charge is 0.475 e. The molecule has 1 unspecified atom stereocenters. The lowest BCUT2D eigenvalue weighted by atomic mass is 9.98. The summed E-state index contributed by atoms with van der Waals surface area (Å²) >= 11 is 0. The number of alkyl halides is 3. The van der Waals surface area contributed by atoms with E-state index in [1.165, 1.54) is 0 Å². The zero-order chi connectivity index (χ0) is 33.6. The average Bonchev–Trinajstić information content (AvgIpc) is 3.51. The number of fused-ring (bicyclic) bond motifs is 1. The fourth-order valence-corrected chi connectivity index (χ4v) is 4.76. The van der Waals surface area contributed by atoms with Crippen molar-refractivity contribution in [3.63, 3.8) is 0 Å². The van der Waals surface area contributed by atoms with Gasteiger partial charge in [-0.25, -0.2) is 9.89 Å². The van der Waals surface area contributed by atoms with E-state index in [9.17, 15) is 27.6 Å². The van der Waals surface area contributed by atoms with Gasteiger partial charge in [-0.3, -0.25) is 14.4 Å². The maximum absolute atomic E-state index is 13.7. The lowest BCUT2D eigenvalue weighted by molar-refractivity contribution is -0.192. The van der Waals surface area contributed by atoms with Gasteiger partial charge >= 0.3 is 12.1 Å². The van der Waals surface area contributed by atoms with Crippen molar-refractivity contribution >= 4 is 29.3 Å². The predicted octanol–water partition coefficient (Wildman–Crippen LogP) is 3.90. The Hall–Kier alpha value is -5.44. The molecule has 0 saturated heterocycles. The number of rotatable bonds is 7. The van der Waals surface area contributed by atoms with E-state index in [4.69, 9.17) is 15.6 Å². The minimum absolute atomic E-state index is 0.0327. The molecule has 0 spiro atoms. The van der Waals surface area contributed by atoms with E-state index in [0.29, 0.717) is 17.1 Å². The zero-order valence-electron chi connectivity index (χ0n) is 24.7. The van der Waals surface area contributed by atoms with Crippen LogP contribution in [0.5, 0.6) is 0 Å². The molecule has 1 aromatic heterocycles. The molecule has 1 aliphatic rings. The van der Waals surface area contributed by atoms with Gasteiger partial charge in [-0.2, -0.15) is 13.2 Å². The summed E-state index contributed by atoms with van der Waals surface area (Å²) in [6.07, 6.45) is -5.17. The number of anilines is 1. The van der Waals surface area contributed by atoms with Gasteiger partial charge in [0, 0.05) is 29.5 Å². The van der Waals surface area contributed by atoms with Gasteiger partial charge in [0.15, 0.2) is 11.6 Å². The van der Waals surface area contributed by atoms with Crippen molar-refractivity contribution in [2.75, 3.05) is 4.90 Å². The Kier molecular flexibility index (Phi) is 9.95. The third-order valence-electron chi connectivity index (χ3n) is 6.78. The van der Waals surface area contributed by atoms with Gasteiger partial charge in [0.25, 0.3) is 0 Å². The van der Waals surface area contributed by atoms with Crippen LogP contribution in [0.2, 0.25) is 0 Å². The summed E-state index contributed by atoms with van der Waals surface area (Å²) in [6.45, 7) is 3.70. The molecule has 1 aliphatic heterocycles. The van der Waals surface area contributed by atoms with E-state index in [2.05, 4.69) is 25.9 Å². The monoisotopic (exact) mass is 637 g/mol. The normalized spacial score (nSPS) is 14.9. The molecule has 4 aromatic rings. The van der Waals surface area contributed by atoms with Gasteiger partial charge in [0.05, 0.1) is 12.2 Å². The molecule has 46 heavy (non-hydrogen) atoms. The first-order valence-corrected chi connectivity index (χ1v) is 13.9. The third kappa shape index (κ3) is 8.38. The van der Waals surface area contributed by atoms with Gasteiger partial charge in [-0.05, 0) is 53.1 Å². The average molecular weight is 638 g/mol. The number of para-hydroxylation sites is 1. The number of halogens is 3. The lowest BCUT2D eigenvalue weighted by Crippen LogP contribution is -2.50. The number of nitrogens with two attached hydrogens (primary N) is 1. The van der Waals surface area contributed by atoms with Crippen LogP contribution in [0.1, 0.15) is 42.6 Å². The Labute approximate surface area is 260 Å². The Morgan fingerprint density at radius 3 is 2.13 bits per heavy atom. The van der Waals surface area contributed by atoms with Crippen molar-refractivity contribution in [2.45, 2.75) is 51.0 Å². The van der Waals surface area contributed by atoms with E-state index in [1.807, 2.05) is 48.5 Å². The number of carbonyl (C=O) groups is 4. The summed E-state index contributed by atoms with van der Waals surface area (Å²) in [7, 11) is 0. The molecule has 5 N–H and O–H groups in total. The second-order valence-corrected chi connectivity index (χ2v) is 11.1. The number of Topliss-reactive ketones (excluding diaryl/α,β-unsaturated/α-hetero) is 1. The molecule has 5 rings (SSSR count). The van der Waals surface area contributed by atoms with Crippen molar-refractivity contribution in [3.05, 3.63) is 83.9 Å². The molecule has 240 valence electrons. The first-order valence-electron chi connectivity index (χ1n) is 13.9.